The lowest BCUT2D eigenvalue weighted by Crippen LogP contribution is -2.15. The van der Waals surface area contributed by atoms with Crippen molar-refractivity contribution in [2.75, 3.05) is 19.0 Å². The van der Waals surface area contributed by atoms with Crippen molar-refractivity contribution in [1.82, 2.24) is 0 Å². The lowest BCUT2D eigenvalue weighted by molar-refractivity contribution is 0.276. The number of rotatable bonds is 5. The first-order valence-corrected chi connectivity index (χ1v) is 6.73. The van der Waals surface area contributed by atoms with Gasteiger partial charge >= 0.3 is 0 Å². The number of para-hydroxylation sites is 1. The number of aliphatic hydroxyl groups excluding tert-OH is 1. The largest absolute Gasteiger partial charge is 0.496 e. The van der Waals surface area contributed by atoms with Gasteiger partial charge in [0.05, 0.1) is 19.8 Å². The Bertz CT molecular complexity index is 581. The van der Waals surface area contributed by atoms with Crippen LogP contribution in [0.5, 0.6) is 5.75 Å². The fourth-order valence-corrected chi connectivity index (χ4v) is 2.28. The van der Waals surface area contributed by atoms with Crippen LogP contribution in [-0.4, -0.2) is 18.8 Å². The molecule has 0 spiro atoms. The highest BCUT2D eigenvalue weighted by Crippen LogP contribution is 2.26. The third-order valence-electron chi connectivity index (χ3n) is 3.48. The van der Waals surface area contributed by atoms with E-state index < -0.39 is 0 Å². The third-order valence-corrected chi connectivity index (χ3v) is 3.48. The minimum atomic E-state index is -0.124. The van der Waals surface area contributed by atoms with Gasteiger partial charge in [-0.15, -0.1) is 0 Å². The van der Waals surface area contributed by atoms with Gasteiger partial charge in [0.25, 0.3) is 0 Å². The molecule has 2 aromatic carbocycles. The predicted molar refractivity (Wildman–Crippen MR) is 82.4 cm³/mol. The van der Waals surface area contributed by atoms with Crippen molar-refractivity contribution in [3.05, 3.63) is 59.2 Å². The quantitative estimate of drug-likeness (QED) is 0.875. The van der Waals surface area contributed by atoms with Gasteiger partial charge in [-0.2, -0.15) is 0 Å². The topological polar surface area (TPSA) is 41.5 Å². The second-order valence-corrected chi connectivity index (χ2v) is 4.92. The average molecular weight is 271 g/mol. The number of hydrogen-bond acceptors (Lipinski definition) is 3. The number of nitrogens with one attached hydrogen (secondary N) is 1. The highest BCUT2D eigenvalue weighted by Gasteiger charge is 2.12. The van der Waals surface area contributed by atoms with Crippen LogP contribution in [0.15, 0.2) is 42.5 Å². The Morgan fingerprint density at radius 2 is 1.85 bits per heavy atom. The molecule has 0 aliphatic heterocycles. The van der Waals surface area contributed by atoms with Gasteiger partial charge in [0, 0.05) is 5.69 Å². The molecule has 106 valence electrons. The van der Waals surface area contributed by atoms with Crippen molar-refractivity contribution in [3.63, 3.8) is 0 Å². The maximum absolute atomic E-state index is 9.66. The number of aryl methyl sites for hydroxylation is 2. The zero-order chi connectivity index (χ0) is 14.5. The Labute approximate surface area is 120 Å². The van der Waals surface area contributed by atoms with E-state index in [0.717, 1.165) is 28.1 Å². The van der Waals surface area contributed by atoms with Crippen molar-refractivity contribution in [3.8, 4) is 5.75 Å². The Kier molecular flexibility index (Phi) is 4.64. The maximum atomic E-state index is 9.66. The highest BCUT2D eigenvalue weighted by molar-refractivity contribution is 5.52. The van der Waals surface area contributed by atoms with Gasteiger partial charge in [-0.3, -0.25) is 0 Å². The molecule has 0 bridgehead atoms. The standard InChI is InChI=1S/C17H21NO2/c1-12-6-4-5-7-15(12)18-16(11-19)14-8-9-17(20-3)13(2)10-14/h4-10,16,18-19H,11H2,1-3H3. The van der Waals surface area contributed by atoms with Crippen LogP contribution in [0.2, 0.25) is 0 Å². The zero-order valence-electron chi connectivity index (χ0n) is 12.2. The van der Waals surface area contributed by atoms with E-state index in [1.807, 2.05) is 43.3 Å². The monoisotopic (exact) mass is 271 g/mol. The summed E-state index contributed by atoms with van der Waals surface area (Å²) in [6.45, 7) is 4.10. The third kappa shape index (κ3) is 3.11. The van der Waals surface area contributed by atoms with Gasteiger partial charge in [-0.05, 0) is 42.7 Å². The summed E-state index contributed by atoms with van der Waals surface area (Å²) in [6, 6.07) is 13.9. The lowest BCUT2D eigenvalue weighted by Gasteiger charge is -2.20. The van der Waals surface area contributed by atoms with Crippen molar-refractivity contribution in [2.24, 2.45) is 0 Å². The SMILES string of the molecule is COc1ccc(C(CO)Nc2ccccc2C)cc1C. The van der Waals surface area contributed by atoms with E-state index in [9.17, 15) is 5.11 Å². The number of methoxy groups -OCH3 is 1. The molecule has 0 saturated carbocycles. The fraction of sp³-hybridized carbons (Fsp3) is 0.294. The molecular formula is C17H21NO2. The lowest BCUT2D eigenvalue weighted by atomic mass is 10.0. The first kappa shape index (κ1) is 14.4. The molecule has 0 heterocycles. The normalized spacial score (nSPS) is 12.0. The van der Waals surface area contributed by atoms with Crippen LogP contribution in [0.25, 0.3) is 0 Å². The number of aliphatic hydroxyl groups is 1. The summed E-state index contributed by atoms with van der Waals surface area (Å²) in [5.74, 6) is 0.862. The van der Waals surface area contributed by atoms with Gasteiger partial charge in [-0.25, -0.2) is 0 Å². The summed E-state index contributed by atoms with van der Waals surface area (Å²) >= 11 is 0. The molecule has 20 heavy (non-hydrogen) atoms. The summed E-state index contributed by atoms with van der Waals surface area (Å²) in [7, 11) is 1.66. The van der Waals surface area contributed by atoms with Crippen molar-refractivity contribution >= 4 is 5.69 Å². The molecule has 0 fully saturated rings. The fourth-order valence-electron chi connectivity index (χ4n) is 2.28. The van der Waals surface area contributed by atoms with Crippen molar-refractivity contribution in [2.45, 2.75) is 19.9 Å². The average Bonchev–Trinajstić information content (AvgIpc) is 2.46. The van der Waals surface area contributed by atoms with Crippen LogP contribution in [0, 0.1) is 13.8 Å². The maximum Gasteiger partial charge on any atom is 0.121 e. The molecule has 0 radical (unpaired) electrons. The van der Waals surface area contributed by atoms with Gasteiger partial charge in [0.2, 0.25) is 0 Å². The molecular weight excluding hydrogens is 250 g/mol. The van der Waals surface area contributed by atoms with Gasteiger partial charge in [-0.1, -0.05) is 30.3 Å². The van der Waals surface area contributed by atoms with Gasteiger partial charge < -0.3 is 15.2 Å². The predicted octanol–water partition coefficient (Wildman–Crippen LogP) is 3.46. The summed E-state index contributed by atoms with van der Waals surface area (Å²) < 4.78 is 5.27. The van der Waals surface area contributed by atoms with Gasteiger partial charge in [0.15, 0.2) is 0 Å². The molecule has 2 aromatic rings. The summed E-state index contributed by atoms with van der Waals surface area (Å²) in [6.07, 6.45) is 0. The molecule has 0 aliphatic rings. The van der Waals surface area contributed by atoms with Crippen LogP contribution < -0.4 is 10.1 Å². The Hall–Kier alpha value is -2.00. The molecule has 1 atom stereocenters. The van der Waals surface area contributed by atoms with E-state index in [1.165, 1.54) is 0 Å². The van der Waals surface area contributed by atoms with E-state index in [-0.39, 0.29) is 12.6 Å². The molecule has 2 rings (SSSR count). The highest BCUT2D eigenvalue weighted by atomic mass is 16.5. The second kappa shape index (κ2) is 6.44. The molecule has 0 saturated heterocycles. The molecule has 2 N–H and O–H groups in total. The Morgan fingerprint density at radius 1 is 1.10 bits per heavy atom. The van der Waals surface area contributed by atoms with Crippen molar-refractivity contribution < 1.29 is 9.84 Å². The first-order chi connectivity index (χ1) is 9.65. The van der Waals surface area contributed by atoms with Crippen LogP contribution in [0.3, 0.4) is 0 Å². The Morgan fingerprint density at radius 3 is 2.45 bits per heavy atom. The number of anilines is 1. The van der Waals surface area contributed by atoms with E-state index >= 15 is 0 Å². The first-order valence-electron chi connectivity index (χ1n) is 6.73. The van der Waals surface area contributed by atoms with Crippen LogP contribution in [0.4, 0.5) is 5.69 Å². The molecule has 0 aliphatic carbocycles. The zero-order valence-corrected chi connectivity index (χ0v) is 12.2. The minimum absolute atomic E-state index is 0.0418. The van der Waals surface area contributed by atoms with E-state index in [2.05, 4.69) is 18.3 Å². The van der Waals surface area contributed by atoms with Crippen LogP contribution >= 0.6 is 0 Å². The van der Waals surface area contributed by atoms with Gasteiger partial charge in [0.1, 0.15) is 5.75 Å². The van der Waals surface area contributed by atoms with Crippen LogP contribution in [-0.2, 0) is 0 Å². The summed E-state index contributed by atoms with van der Waals surface area (Å²) in [5.41, 5.74) is 4.32. The summed E-state index contributed by atoms with van der Waals surface area (Å²) in [5, 5.41) is 13.0. The smallest absolute Gasteiger partial charge is 0.121 e. The Balaban J connectivity index is 2.24. The number of ether oxygens (including phenoxy) is 1. The summed E-state index contributed by atoms with van der Waals surface area (Å²) in [4.78, 5) is 0. The molecule has 3 heteroatoms. The molecule has 3 nitrogen and oxygen atoms in total. The van der Waals surface area contributed by atoms with E-state index in [1.54, 1.807) is 7.11 Å². The molecule has 0 amide bonds. The minimum Gasteiger partial charge on any atom is -0.496 e. The van der Waals surface area contributed by atoms with E-state index in [4.69, 9.17) is 4.74 Å². The molecule has 1 unspecified atom stereocenters. The molecule has 0 aromatic heterocycles. The number of hydrogen-bond donors (Lipinski definition) is 2. The van der Waals surface area contributed by atoms with Crippen LogP contribution in [0.1, 0.15) is 22.7 Å². The second-order valence-electron chi connectivity index (χ2n) is 4.92. The number of benzene rings is 2. The van der Waals surface area contributed by atoms with Crippen molar-refractivity contribution in [1.29, 1.82) is 0 Å². The van der Waals surface area contributed by atoms with E-state index in [0.29, 0.717) is 0 Å².